The summed E-state index contributed by atoms with van der Waals surface area (Å²) >= 11 is 0. The summed E-state index contributed by atoms with van der Waals surface area (Å²) in [6.45, 7) is 5.80. The van der Waals surface area contributed by atoms with E-state index in [9.17, 15) is 34.5 Å². The molecule has 0 spiro atoms. The Morgan fingerprint density at radius 3 is 1.34 bits per heavy atom. The van der Waals surface area contributed by atoms with E-state index in [-0.39, 0.29) is 25.9 Å². The van der Waals surface area contributed by atoms with Crippen LogP contribution in [-0.2, 0) is 42.9 Å². The Morgan fingerprint density at radius 1 is 0.466 bits per heavy atom. The van der Waals surface area contributed by atoms with Gasteiger partial charge in [-0.05, 0) is 89.9 Å². The van der Waals surface area contributed by atoms with Gasteiger partial charge in [0.05, 0.1) is 6.61 Å². The third kappa shape index (κ3) is 39.3. The number of esters is 3. The van der Waals surface area contributed by atoms with Gasteiger partial charge in [-0.3, -0.25) is 14.4 Å². The van der Waals surface area contributed by atoms with Crippen LogP contribution in [0.3, 0.4) is 0 Å². The van der Waals surface area contributed by atoms with Crippen LogP contribution in [0.25, 0.3) is 0 Å². The van der Waals surface area contributed by atoms with Gasteiger partial charge in [-0.15, -0.1) is 0 Å². The first-order valence-electron chi connectivity index (χ1n) is 28.9. The summed E-state index contributed by atoms with van der Waals surface area (Å²) in [5, 5.41) is 31.4. The molecule has 12 heteroatoms. The van der Waals surface area contributed by atoms with Gasteiger partial charge in [-0.25, -0.2) is 4.79 Å². The first-order chi connectivity index (χ1) is 35.6. The smallest absolute Gasteiger partial charge is 0.335 e. The number of rotatable bonds is 48. The number of aliphatic carboxylic acids is 1. The second-order valence-corrected chi connectivity index (χ2v) is 19.5. The van der Waals surface area contributed by atoms with Crippen LogP contribution in [0, 0.1) is 0 Å². The summed E-state index contributed by atoms with van der Waals surface area (Å²) in [7, 11) is 0. The van der Waals surface area contributed by atoms with Crippen LogP contribution in [0.1, 0.15) is 239 Å². The van der Waals surface area contributed by atoms with Gasteiger partial charge in [0, 0.05) is 19.3 Å². The number of carbonyl (C=O) groups excluding carboxylic acids is 3. The molecule has 0 aromatic rings. The lowest BCUT2D eigenvalue weighted by atomic mass is 9.98. The van der Waals surface area contributed by atoms with E-state index < -0.39 is 67.3 Å². The number of carboxylic acids is 1. The molecule has 0 aliphatic carbocycles. The van der Waals surface area contributed by atoms with E-state index in [4.69, 9.17) is 23.7 Å². The molecule has 1 heterocycles. The molecular weight excluding hydrogens is 925 g/mol. The first-order valence-corrected chi connectivity index (χ1v) is 28.9. The Balaban J connectivity index is 2.71. The molecule has 6 atom stereocenters. The highest BCUT2D eigenvalue weighted by molar-refractivity contribution is 5.74. The monoisotopic (exact) mass is 1030 g/mol. The Morgan fingerprint density at radius 2 is 0.863 bits per heavy atom. The quantitative estimate of drug-likeness (QED) is 0.0228. The van der Waals surface area contributed by atoms with E-state index in [0.29, 0.717) is 19.3 Å². The lowest BCUT2D eigenvalue weighted by Gasteiger charge is -2.40. The lowest BCUT2D eigenvalue weighted by Crippen LogP contribution is -2.61. The fourth-order valence-corrected chi connectivity index (χ4v) is 8.33. The van der Waals surface area contributed by atoms with Crippen molar-refractivity contribution in [3.63, 3.8) is 0 Å². The second-order valence-electron chi connectivity index (χ2n) is 19.5. The highest BCUT2D eigenvalue weighted by Crippen LogP contribution is 2.26. The number of hydrogen-bond acceptors (Lipinski definition) is 11. The molecule has 0 bridgehead atoms. The zero-order chi connectivity index (χ0) is 53.3. The molecule has 418 valence electrons. The van der Waals surface area contributed by atoms with Gasteiger partial charge in [0.15, 0.2) is 24.6 Å². The maximum Gasteiger partial charge on any atom is 0.335 e. The number of unbranched alkanes of at least 4 members (excludes halogenated alkanes) is 22. The van der Waals surface area contributed by atoms with Crippen LogP contribution < -0.4 is 0 Å². The number of hydrogen-bond donors (Lipinski definition) is 3. The summed E-state index contributed by atoms with van der Waals surface area (Å²) in [6, 6.07) is 0. The van der Waals surface area contributed by atoms with Crippen molar-refractivity contribution in [1.29, 1.82) is 0 Å². The van der Waals surface area contributed by atoms with Crippen molar-refractivity contribution in [2.75, 3.05) is 13.2 Å². The van der Waals surface area contributed by atoms with Gasteiger partial charge in [0.2, 0.25) is 0 Å². The summed E-state index contributed by atoms with van der Waals surface area (Å²) in [4.78, 5) is 51.0. The fourth-order valence-electron chi connectivity index (χ4n) is 8.33. The Bertz CT molecular complexity index is 1550. The fraction of sp³-hybridized carbons (Fsp3) is 0.738. The van der Waals surface area contributed by atoms with E-state index in [1.54, 1.807) is 0 Å². The van der Waals surface area contributed by atoms with Crippen molar-refractivity contribution in [2.45, 2.75) is 276 Å². The van der Waals surface area contributed by atoms with Crippen molar-refractivity contribution in [2.24, 2.45) is 0 Å². The maximum absolute atomic E-state index is 13.1. The van der Waals surface area contributed by atoms with Crippen LogP contribution in [0.15, 0.2) is 72.9 Å². The number of ether oxygens (including phenoxy) is 5. The van der Waals surface area contributed by atoms with E-state index in [2.05, 4.69) is 93.7 Å². The van der Waals surface area contributed by atoms with Crippen LogP contribution in [-0.4, -0.2) is 89.2 Å². The Hall–Kier alpha value is -3.84. The first kappa shape index (κ1) is 67.2. The molecule has 0 aromatic carbocycles. The molecule has 3 N–H and O–H groups in total. The number of aliphatic hydroxyl groups excluding tert-OH is 2. The molecule has 1 saturated heterocycles. The van der Waals surface area contributed by atoms with Crippen molar-refractivity contribution < 1.29 is 58.2 Å². The standard InChI is InChI=1S/C61H102O12/c1-4-7-10-13-16-19-21-23-25-26-27-28-30-31-33-36-38-41-44-47-53(62)69-50-52(71-54(63)48-45-42-40-37-34-32-29-24-22-20-17-14-11-8-5-2)51-70-61-59(57(66)56(65)58(73-61)60(67)68)72-55(64)49-46-43-39-35-18-15-12-9-6-3/h7,10,16,19,23-25,27-29,31,33,52,56-59,61,65-66H,4-6,8-9,11-15,17-18,20-22,26,30,32,34-51H2,1-3H3,(H,67,68)/b10-7-,19-16-,25-23-,28-27-,29-24-,33-31-. The summed E-state index contributed by atoms with van der Waals surface area (Å²) in [6.07, 6.45) is 48.9. The van der Waals surface area contributed by atoms with E-state index in [0.717, 1.165) is 116 Å². The molecule has 1 fully saturated rings. The molecule has 73 heavy (non-hydrogen) atoms. The second kappa shape index (κ2) is 49.1. The van der Waals surface area contributed by atoms with E-state index >= 15 is 0 Å². The highest BCUT2D eigenvalue weighted by atomic mass is 16.7. The maximum atomic E-state index is 13.1. The Labute approximate surface area is 442 Å². The SMILES string of the molecule is CC/C=C\C/C=C\C/C=C\C/C=C\C/C=C\CCCCCC(=O)OCC(COC1OC(C(=O)O)C(O)C(O)C1OC(=O)CCCCCCCCCCC)OC(=O)CCCCCCC/C=C\CCCCCCCC. The largest absolute Gasteiger partial charge is 0.479 e. The zero-order valence-electron chi connectivity index (χ0n) is 45.9. The molecule has 1 aliphatic rings. The van der Waals surface area contributed by atoms with Gasteiger partial charge in [-0.2, -0.15) is 0 Å². The molecule has 12 nitrogen and oxygen atoms in total. The predicted molar refractivity (Wildman–Crippen MR) is 294 cm³/mol. The van der Waals surface area contributed by atoms with E-state index in [1.165, 1.54) is 64.2 Å². The number of carboxylic acid groups (broad SMARTS) is 1. The van der Waals surface area contributed by atoms with Gasteiger partial charge in [0.1, 0.15) is 18.8 Å². The van der Waals surface area contributed by atoms with Crippen molar-refractivity contribution in [1.82, 2.24) is 0 Å². The average Bonchev–Trinajstić information content (AvgIpc) is 3.37. The topological polar surface area (TPSA) is 175 Å². The van der Waals surface area contributed by atoms with Crippen LogP contribution in [0.2, 0.25) is 0 Å². The van der Waals surface area contributed by atoms with E-state index in [1.807, 2.05) is 0 Å². The Kier molecular flexibility index (Phi) is 45.1. The molecule has 0 amide bonds. The number of allylic oxidation sites excluding steroid dienone is 12. The minimum atomic E-state index is -1.91. The molecule has 0 radical (unpaired) electrons. The average molecular weight is 1030 g/mol. The molecular formula is C61H102O12. The molecule has 6 unspecified atom stereocenters. The molecule has 1 rings (SSSR count). The van der Waals surface area contributed by atoms with Gasteiger partial charge in [0.25, 0.3) is 0 Å². The van der Waals surface area contributed by atoms with Gasteiger partial charge >= 0.3 is 23.9 Å². The van der Waals surface area contributed by atoms with Crippen molar-refractivity contribution >= 4 is 23.9 Å². The number of aliphatic hydroxyl groups is 2. The molecule has 0 saturated carbocycles. The third-order valence-electron chi connectivity index (χ3n) is 12.8. The lowest BCUT2D eigenvalue weighted by molar-refractivity contribution is -0.301. The van der Waals surface area contributed by atoms with Crippen LogP contribution in [0.4, 0.5) is 0 Å². The molecule has 0 aromatic heterocycles. The van der Waals surface area contributed by atoms with Crippen LogP contribution >= 0.6 is 0 Å². The van der Waals surface area contributed by atoms with Crippen molar-refractivity contribution in [3.05, 3.63) is 72.9 Å². The molecule has 1 aliphatic heterocycles. The summed E-state index contributed by atoms with van der Waals surface area (Å²) < 4.78 is 28.3. The normalized spacial score (nSPS) is 18.8. The van der Waals surface area contributed by atoms with Crippen LogP contribution in [0.5, 0.6) is 0 Å². The minimum absolute atomic E-state index is 0.0557. The van der Waals surface area contributed by atoms with Crippen molar-refractivity contribution in [3.8, 4) is 0 Å². The summed E-state index contributed by atoms with van der Waals surface area (Å²) in [5.74, 6) is -3.17. The van der Waals surface area contributed by atoms with Gasteiger partial charge in [-0.1, -0.05) is 203 Å². The highest BCUT2D eigenvalue weighted by Gasteiger charge is 2.50. The number of carbonyl (C=O) groups is 4. The predicted octanol–water partition coefficient (Wildman–Crippen LogP) is 14.6. The zero-order valence-corrected chi connectivity index (χ0v) is 45.9. The minimum Gasteiger partial charge on any atom is -0.479 e. The summed E-state index contributed by atoms with van der Waals surface area (Å²) in [5.41, 5.74) is 0. The third-order valence-corrected chi connectivity index (χ3v) is 12.8. The van der Waals surface area contributed by atoms with Gasteiger partial charge < -0.3 is 39.0 Å².